The largest absolute Gasteiger partial charge is 0.488 e. The molecule has 1 aromatic heterocycles. The first-order valence-electron chi connectivity index (χ1n) is 13.8. The topological polar surface area (TPSA) is 69.9 Å². The lowest BCUT2D eigenvalue weighted by molar-refractivity contribution is -0.138. The van der Waals surface area contributed by atoms with Crippen molar-refractivity contribution >= 4 is 40.7 Å². The van der Waals surface area contributed by atoms with Gasteiger partial charge in [0.15, 0.2) is 4.80 Å². The highest BCUT2D eigenvalue weighted by atomic mass is 35.5. The lowest BCUT2D eigenvalue weighted by Crippen LogP contribution is -2.40. The number of halogens is 1. The molecule has 8 heteroatoms. The minimum absolute atomic E-state index is 0.197. The molecular formula is C35H27ClN2O4S. The second-order valence-electron chi connectivity index (χ2n) is 9.80. The van der Waals surface area contributed by atoms with Crippen molar-refractivity contribution in [1.29, 1.82) is 0 Å². The van der Waals surface area contributed by atoms with E-state index in [9.17, 15) is 9.59 Å². The van der Waals surface area contributed by atoms with Crippen LogP contribution in [0.15, 0.2) is 125 Å². The molecule has 4 aromatic carbocycles. The fraction of sp³-hybridized carbons (Fsp3) is 0.114. The van der Waals surface area contributed by atoms with Crippen LogP contribution in [0, 0.1) is 0 Å². The molecule has 0 bridgehead atoms. The number of carbonyl (C=O) groups excluding carboxylic acids is 1. The van der Waals surface area contributed by atoms with Crippen molar-refractivity contribution in [2.24, 2.45) is 4.99 Å². The number of hydrogen-bond donors (Lipinski definition) is 0. The number of thiazole rings is 1. The molecule has 0 saturated carbocycles. The Bertz CT molecular complexity index is 2000. The van der Waals surface area contributed by atoms with Crippen LogP contribution in [0.4, 0.5) is 0 Å². The van der Waals surface area contributed by atoms with Gasteiger partial charge in [0.2, 0.25) is 0 Å². The average molecular weight is 607 g/mol. The maximum atomic E-state index is 14.2. The fourth-order valence-electron chi connectivity index (χ4n) is 5.05. The molecule has 1 atom stereocenters. The molecule has 1 aliphatic rings. The zero-order valence-corrected chi connectivity index (χ0v) is 24.8. The first kappa shape index (κ1) is 28.4. The Morgan fingerprint density at radius 1 is 0.953 bits per heavy atom. The molecule has 0 unspecified atom stereocenters. The number of rotatable bonds is 8. The van der Waals surface area contributed by atoms with Crippen LogP contribution in [0.2, 0.25) is 5.02 Å². The van der Waals surface area contributed by atoms with Gasteiger partial charge >= 0.3 is 5.97 Å². The number of carbonyl (C=O) groups is 1. The van der Waals surface area contributed by atoms with E-state index in [1.54, 1.807) is 11.5 Å². The zero-order chi connectivity index (χ0) is 29.8. The van der Waals surface area contributed by atoms with E-state index in [4.69, 9.17) is 26.1 Å². The van der Waals surface area contributed by atoms with Gasteiger partial charge in [-0.3, -0.25) is 9.36 Å². The summed E-state index contributed by atoms with van der Waals surface area (Å²) < 4.78 is 13.7. The van der Waals surface area contributed by atoms with Crippen LogP contribution in [0.25, 0.3) is 11.8 Å². The van der Waals surface area contributed by atoms with Crippen molar-refractivity contribution in [3.8, 4) is 5.75 Å². The quantitative estimate of drug-likeness (QED) is 0.198. The van der Waals surface area contributed by atoms with Crippen LogP contribution in [0.5, 0.6) is 5.75 Å². The third-order valence-corrected chi connectivity index (χ3v) is 8.20. The zero-order valence-electron chi connectivity index (χ0n) is 23.3. The molecule has 43 heavy (non-hydrogen) atoms. The Balaban J connectivity index is 1.51. The van der Waals surface area contributed by atoms with Gasteiger partial charge < -0.3 is 9.47 Å². The van der Waals surface area contributed by atoms with Gasteiger partial charge in [0.25, 0.3) is 5.56 Å². The Kier molecular flexibility index (Phi) is 8.36. The number of nitrogens with zero attached hydrogens (tertiary/aromatic N) is 2. The van der Waals surface area contributed by atoms with Gasteiger partial charge in [-0.2, -0.15) is 0 Å². The summed E-state index contributed by atoms with van der Waals surface area (Å²) in [4.78, 5) is 33.1. The van der Waals surface area contributed by atoms with E-state index in [1.807, 2.05) is 115 Å². The molecule has 214 valence electrons. The van der Waals surface area contributed by atoms with Crippen LogP contribution >= 0.6 is 22.9 Å². The maximum Gasteiger partial charge on any atom is 0.338 e. The monoisotopic (exact) mass is 606 g/mol. The molecule has 6 nitrogen and oxygen atoms in total. The van der Waals surface area contributed by atoms with E-state index in [0.717, 1.165) is 22.3 Å². The molecule has 0 fully saturated rings. The molecule has 0 spiro atoms. The van der Waals surface area contributed by atoms with Crippen molar-refractivity contribution in [2.75, 3.05) is 6.61 Å². The summed E-state index contributed by atoms with van der Waals surface area (Å²) in [5.41, 5.74) is 3.80. The Hall–Kier alpha value is -4.72. The first-order valence-corrected chi connectivity index (χ1v) is 15.0. The summed E-state index contributed by atoms with van der Waals surface area (Å²) in [7, 11) is 0. The minimum atomic E-state index is -0.719. The van der Waals surface area contributed by atoms with Crippen LogP contribution in [-0.4, -0.2) is 17.1 Å². The number of benzene rings is 4. The number of para-hydroxylation sites is 1. The van der Waals surface area contributed by atoms with E-state index in [1.165, 1.54) is 11.3 Å². The number of fused-ring (bicyclic) bond motifs is 1. The lowest BCUT2D eigenvalue weighted by Gasteiger charge is -2.25. The van der Waals surface area contributed by atoms with Crippen LogP contribution in [0.3, 0.4) is 0 Å². The average Bonchev–Trinajstić information content (AvgIpc) is 3.35. The molecular weight excluding hydrogens is 580 g/mol. The summed E-state index contributed by atoms with van der Waals surface area (Å²) in [6, 6.07) is 33.4. The van der Waals surface area contributed by atoms with Crippen LogP contribution < -0.4 is 19.6 Å². The van der Waals surface area contributed by atoms with Gasteiger partial charge in [0.1, 0.15) is 12.4 Å². The van der Waals surface area contributed by atoms with Crippen molar-refractivity contribution in [3.05, 3.63) is 162 Å². The van der Waals surface area contributed by atoms with Crippen molar-refractivity contribution in [2.45, 2.75) is 19.6 Å². The Labute approximate surface area is 257 Å². The molecule has 0 radical (unpaired) electrons. The second-order valence-corrected chi connectivity index (χ2v) is 11.2. The molecule has 5 aromatic rings. The number of ether oxygens (including phenoxy) is 2. The normalized spacial score (nSPS) is 14.7. The second kappa shape index (κ2) is 12.7. The van der Waals surface area contributed by atoms with Crippen molar-refractivity contribution in [3.63, 3.8) is 0 Å². The lowest BCUT2D eigenvalue weighted by atomic mass is 9.93. The van der Waals surface area contributed by atoms with Gasteiger partial charge in [-0.15, -0.1) is 0 Å². The highest BCUT2D eigenvalue weighted by Crippen LogP contribution is 2.35. The molecule has 0 saturated heterocycles. The highest BCUT2D eigenvalue weighted by Gasteiger charge is 2.35. The van der Waals surface area contributed by atoms with Crippen LogP contribution in [-0.2, 0) is 16.1 Å². The van der Waals surface area contributed by atoms with Gasteiger partial charge in [-0.05, 0) is 42.3 Å². The SMILES string of the molecule is CCOC(=O)C1=C(c2ccccc2)N=c2s/c(=C\c3ccccc3OCc3cccc(Cl)c3)c(=O)n2[C@@H]1c1ccccc1. The maximum absolute atomic E-state index is 14.2. The summed E-state index contributed by atoms with van der Waals surface area (Å²) >= 11 is 7.42. The third-order valence-electron chi connectivity index (χ3n) is 6.98. The number of hydrogen-bond acceptors (Lipinski definition) is 6. The molecule has 0 N–H and O–H groups in total. The van der Waals surface area contributed by atoms with Crippen molar-refractivity contribution in [1.82, 2.24) is 4.57 Å². The van der Waals surface area contributed by atoms with E-state index in [-0.39, 0.29) is 12.2 Å². The number of aromatic nitrogens is 1. The first-order chi connectivity index (χ1) is 21.0. The minimum Gasteiger partial charge on any atom is -0.488 e. The predicted molar refractivity (Wildman–Crippen MR) is 170 cm³/mol. The Morgan fingerprint density at radius 3 is 2.42 bits per heavy atom. The molecule has 0 amide bonds. The van der Waals surface area contributed by atoms with Gasteiger partial charge in [0.05, 0.1) is 28.5 Å². The highest BCUT2D eigenvalue weighted by molar-refractivity contribution is 7.07. The van der Waals surface area contributed by atoms with E-state index < -0.39 is 12.0 Å². The van der Waals surface area contributed by atoms with E-state index >= 15 is 0 Å². The van der Waals surface area contributed by atoms with Gasteiger partial charge in [0, 0.05) is 16.1 Å². The molecule has 2 heterocycles. The summed E-state index contributed by atoms with van der Waals surface area (Å²) in [5, 5.41) is 0.639. The summed E-state index contributed by atoms with van der Waals surface area (Å²) in [6.07, 6.45) is 1.81. The molecule has 1 aliphatic heterocycles. The molecule has 0 aliphatic carbocycles. The summed E-state index contributed by atoms with van der Waals surface area (Å²) in [5.74, 6) is 0.123. The predicted octanol–water partition coefficient (Wildman–Crippen LogP) is 6.17. The smallest absolute Gasteiger partial charge is 0.338 e. The number of esters is 1. The van der Waals surface area contributed by atoms with Crippen molar-refractivity contribution < 1.29 is 14.3 Å². The molecule has 6 rings (SSSR count). The standard InChI is InChI=1S/C35H27ClN2O4S/c1-2-41-34(40)30-31(24-13-5-3-6-14-24)37-35-38(32(30)25-15-7-4-8-16-25)33(39)29(43-35)21-26-17-9-10-19-28(26)42-22-23-12-11-18-27(36)20-23/h3-21,32H,2,22H2,1H3/b29-21-/t32-/m1/s1. The van der Waals surface area contributed by atoms with Crippen LogP contribution in [0.1, 0.15) is 35.2 Å². The van der Waals surface area contributed by atoms with E-state index in [0.29, 0.717) is 38.0 Å². The van der Waals surface area contributed by atoms with E-state index in [2.05, 4.69) is 0 Å². The summed E-state index contributed by atoms with van der Waals surface area (Å²) in [6.45, 7) is 2.28. The van der Waals surface area contributed by atoms with Gasteiger partial charge in [-0.25, -0.2) is 9.79 Å². The Morgan fingerprint density at radius 2 is 1.67 bits per heavy atom. The fourth-order valence-corrected chi connectivity index (χ4v) is 6.26. The van der Waals surface area contributed by atoms with Gasteiger partial charge in [-0.1, -0.05) is 114 Å². The third kappa shape index (κ3) is 5.95.